The first-order valence-corrected chi connectivity index (χ1v) is 6.46. The fraction of sp³-hybridized carbons (Fsp3) is 0.500. The molecule has 0 saturated heterocycles. The molecule has 0 aliphatic carbocycles. The first-order chi connectivity index (χ1) is 9.08. The zero-order chi connectivity index (χ0) is 14.3. The highest BCUT2D eigenvalue weighted by atomic mass is 16.5. The predicted octanol–water partition coefficient (Wildman–Crippen LogP) is 0.985. The molecule has 106 valence electrons. The quantitative estimate of drug-likeness (QED) is 0.735. The van der Waals surface area contributed by atoms with Gasteiger partial charge in [-0.3, -0.25) is 4.79 Å². The van der Waals surface area contributed by atoms with Gasteiger partial charge in [-0.05, 0) is 25.1 Å². The second-order valence-corrected chi connectivity index (χ2v) is 4.42. The van der Waals surface area contributed by atoms with E-state index in [-0.39, 0.29) is 11.9 Å². The smallest absolute Gasteiger partial charge is 0.234 e. The van der Waals surface area contributed by atoms with Gasteiger partial charge in [0.05, 0.1) is 13.2 Å². The van der Waals surface area contributed by atoms with E-state index in [2.05, 4.69) is 10.2 Å². The number of likely N-dealkylation sites (N-methyl/N-ethyl adjacent to an activating group) is 1. The van der Waals surface area contributed by atoms with Gasteiger partial charge in [-0.15, -0.1) is 0 Å². The van der Waals surface area contributed by atoms with Gasteiger partial charge < -0.3 is 20.7 Å². The third-order valence-corrected chi connectivity index (χ3v) is 3.04. The molecule has 0 aliphatic rings. The number of methoxy groups -OCH3 is 1. The van der Waals surface area contributed by atoms with Crippen LogP contribution in [0.25, 0.3) is 0 Å². The Morgan fingerprint density at radius 1 is 1.53 bits per heavy atom. The highest BCUT2D eigenvalue weighted by molar-refractivity contribution is 5.79. The van der Waals surface area contributed by atoms with Gasteiger partial charge in [-0.25, -0.2) is 0 Å². The summed E-state index contributed by atoms with van der Waals surface area (Å²) in [6.45, 7) is 3.44. The molecule has 5 heteroatoms. The van der Waals surface area contributed by atoms with Crippen molar-refractivity contribution in [3.05, 3.63) is 24.3 Å². The van der Waals surface area contributed by atoms with Crippen LogP contribution in [0.15, 0.2) is 24.3 Å². The molecule has 19 heavy (non-hydrogen) atoms. The fourth-order valence-electron chi connectivity index (χ4n) is 1.89. The molecule has 0 spiro atoms. The Bertz CT molecular complexity index is 409. The summed E-state index contributed by atoms with van der Waals surface area (Å²) in [6, 6.07) is 7.54. The van der Waals surface area contributed by atoms with Crippen LogP contribution in [-0.4, -0.2) is 39.2 Å². The van der Waals surface area contributed by atoms with Crippen molar-refractivity contribution in [3.8, 4) is 5.75 Å². The Labute approximate surface area is 114 Å². The van der Waals surface area contributed by atoms with Crippen molar-refractivity contribution in [2.24, 2.45) is 5.73 Å². The lowest BCUT2D eigenvalue weighted by atomic mass is 10.1. The number of primary amides is 1. The number of rotatable bonds is 8. The van der Waals surface area contributed by atoms with E-state index in [1.54, 1.807) is 7.11 Å². The average Bonchev–Trinajstić information content (AvgIpc) is 2.42. The van der Waals surface area contributed by atoms with Crippen molar-refractivity contribution >= 4 is 11.6 Å². The molecule has 1 aromatic carbocycles. The van der Waals surface area contributed by atoms with Crippen LogP contribution in [0.1, 0.15) is 13.3 Å². The number of nitrogens with two attached hydrogens (primary N) is 1. The third kappa shape index (κ3) is 4.79. The molecule has 5 nitrogen and oxygen atoms in total. The number of carbonyl (C=O) groups is 1. The molecule has 0 aromatic heterocycles. The maximum Gasteiger partial charge on any atom is 0.234 e. The van der Waals surface area contributed by atoms with E-state index in [0.717, 1.165) is 24.5 Å². The molecule has 1 rings (SSSR count). The van der Waals surface area contributed by atoms with Crippen LogP contribution in [0.4, 0.5) is 5.69 Å². The van der Waals surface area contributed by atoms with Gasteiger partial charge in [0.15, 0.2) is 0 Å². The summed E-state index contributed by atoms with van der Waals surface area (Å²) in [5.74, 6) is 0.517. The van der Waals surface area contributed by atoms with Crippen LogP contribution < -0.4 is 20.7 Å². The zero-order valence-electron chi connectivity index (χ0n) is 11.8. The van der Waals surface area contributed by atoms with E-state index in [1.165, 1.54) is 0 Å². The SMILES string of the molecule is CCNC(CCN(C)c1cccc(OC)c1)C(N)=O. The Morgan fingerprint density at radius 2 is 2.26 bits per heavy atom. The Balaban J connectivity index is 2.58. The number of anilines is 1. The van der Waals surface area contributed by atoms with Gasteiger partial charge in [0, 0.05) is 25.3 Å². The number of benzene rings is 1. The lowest BCUT2D eigenvalue weighted by molar-refractivity contribution is -0.120. The van der Waals surface area contributed by atoms with Gasteiger partial charge in [-0.1, -0.05) is 13.0 Å². The van der Waals surface area contributed by atoms with Crippen molar-refractivity contribution in [3.63, 3.8) is 0 Å². The minimum atomic E-state index is -0.305. The lowest BCUT2D eigenvalue weighted by Crippen LogP contribution is -2.43. The summed E-state index contributed by atoms with van der Waals surface area (Å²) in [6.07, 6.45) is 0.677. The van der Waals surface area contributed by atoms with Crippen LogP contribution in [0.5, 0.6) is 5.75 Å². The number of nitrogens with one attached hydrogen (secondary N) is 1. The summed E-state index contributed by atoms with van der Waals surface area (Å²) < 4.78 is 5.19. The molecule has 1 atom stereocenters. The van der Waals surface area contributed by atoms with Crippen molar-refractivity contribution in [2.75, 3.05) is 32.1 Å². The minimum Gasteiger partial charge on any atom is -0.497 e. The number of ether oxygens (including phenoxy) is 1. The molecular formula is C14H23N3O2. The number of hydrogen-bond donors (Lipinski definition) is 2. The molecule has 0 radical (unpaired) electrons. The molecule has 0 saturated carbocycles. The van der Waals surface area contributed by atoms with Crippen molar-refractivity contribution in [1.82, 2.24) is 5.32 Å². The standard InChI is InChI=1S/C14H23N3O2/c1-4-16-13(14(15)18)8-9-17(2)11-6-5-7-12(10-11)19-3/h5-7,10,13,16H,4,8-9H2,1-3H3,(H2,15,18). The monoisotopic (exact) mass is 265 g/mol. The van der Waals surface area contributed by atoms with E-state index in [4.69, 9.17) is 10.5 Å². The molecule has 1 aromatic rings. The first kappa shape index (κ1) is 15.3. The summed E-state index contributed by atoms with van der Waals surface area (Å²) in [5.41, 5.74) is 6.41. The van der Waals surface area contributed by atoms with Gasteiger partial charge in [0.1, 0.15) is 5.75 Å². The molecule has 0 bridgehead atoms. The number of hydrogen-bond acceptors (Lipinski definition) is 4. The maximum atomic E-state index is 11.3. The average molecular weight is 265 g/mol. The molecular weight excluding hydrogens is 242 g/mol. The second kappa shape index (κ2) is 7.63. The molecule has 0 heterocycles. The van der Waals surface area contributed by atoms with Gasteiger partial charge >= 0.3 is 0 Å². The normalized spacial score (nSPS) is 11.9. The van der Waals surface area contributed by atoms with Crippen molar-refractivity contribution in [2.45, 2.75) is 19.4 Å². The van der Waals surface area contributed by atoms with Crippen LogP contribution in [0.2, 0.25) is 0 Å². The topological polar surface area (TPSA) is 67.6 Å². The summed E-state index contributed by atoms with van der Waals surface area (Å²) >= 11 is 0. The van der Waals surface area contributed by atoms with E-state index in [9.17, 15) is 4.79 Å². The van der Waals surface area contributed by atoms with Crippen LogP contribution >= 0.6 is 0 Å². The fourth-order valence-corrected chi connectivity index (χ4v) is 1.89. The molecule has 1 unspecified atom stereocenters. The van der Waals surface area contributed by atoms with Crippen LogP contribution in [0, 0.1) is 0 Å². The minimum absolute atomic E-state index is 0.280. The van der Waals surface area contributed by atoms with Gasteiger partial charge in [0.25, 0.3) is 0 Å². The first-order valence-electron chi connectivity index (χ1n) is 6.46. The number of nitrogens with zero attached hydrogens (tertiary/aromatic N) is 1. The number of amides is 1. The summed E-state index contributed by atoms with van der Waals surface area (Å²) in [4.78, 5) is 13.3. The van der Waals surface area contributed by atoms with E-state index in [1.807, 2.05) is 38.2 Å². The Hall–Kier alpha value is -1.75. The second-order valence-electron chi connectivity index (χ2n) is 4.42. The van der Waals surface area contributed by atoms with Crippen molar-refractivity contribution < 1.29 is 9.53 Å². The molecule has 0 aliphatic heterocycles. The lowest BCUT2D eigenvalue weighted by Gasteiger charge is -2.22. The maximum absolute atomic E-state index is 11.3. The van der Waals surface area contributed by atoms with E-state index >= 15 is 0 Å². The summed E-state index contributed by atoms with van der Waals surface area (Å²) in [7, 11) is 3.63. The van der Waals surface area contributed by atoms with Crippen LogP contribution in [0.3, 0.4) is 0 Å². The summed E-state index contributed by atoms with van der Waals surface area (Å²) in [5, 5.41) is 3.09. The zero-order valence-corrected chi connectivity index (χ0v) is 11.8. The molecule has 0 fully saturated rings. The largest absolute Gasteiger partial charge is 0.497 e. The highest BCUT2D eigenvalue weighted by Crippen LogP contribution is 2.20. The van der Waals surface area contributed by atoms with Gasteiger partial charge in [0.2, 0.25) is 5.91 Å². The van der Waals surface area contributed by atoms with Gasteiger partial charge in [-0.2, -0.15) is 0 Å². The Kier molecular flexibility index (Phi) is 6.15. The Morgan fingerprint density at radius 3 is 2.84 bits per heavy atom. The highest BCUT2D eigenvalue weighted by Gasteiger charge is 2.14. The van der Waals surface area contributed by atoms with E-state index < -0.39 is 0 Å². The van der Waals surface area contributed by atoms with Crippen LogP contribution in [-0.2, 0) is 4.79 Å². The third-order valence-electron chi connectivity index (χ3n) is 3.04. The molecule has 3 N–H and O–H groups in total. The predicted molar refractivity (Wildman–Crippen MR) is 77.5 cm³/mol. The number of carbonyl (C=O) groups excluding carboxylic acids is 1. The molecule has 1 amide bonds. The van der Waals surface area contributed by atoms with Crippen molar-refractivity contribution in [1.29, 1.82) is 0 Å². The van der Waals surface area contributed by atoms with E-state index in [0.29, 0.717) is 6.42 Å².